The van der Waals surface area contributed by atoms with E-state index in [1.165, 1.54) is 19.3 Å². The Hall–Kier alpha value is -0.570. The van der Waals surface area contributed by atoms with Crippen LogP contribution < -0.4 is 5.56 Å². The summed E-state index contributed by atoms with van der Waals surface area (Å²) in [7, 11) is 0. The van der Waals surface area contributed by atoms with Crippen molar-refractivity contribution < 1.29 is 0 Å². The average molecular weight is 258 g/mol. The van der Waals surface area contributed by atoms with Gasteiger partial charge in [-0.15, -0.1) is 0 Å². The van der Waals surface area contributed by atoms with Crippen LogP contribution in [-0.4, -0.2) is 4.57 Å². The molecular formula is C11H16BrNO. The van der Waals surface area contributed by atoms with Gasteiger partial charge in [-0.3, -0.25) is 4.79 Å². The zero-order valence-corrected chi connectivity index (χ0v) is 10.1. The molecule has 78 valence electrons. The highest BCUT2D eigenvalue weighted by Gasteiger charge is 1.98. The Kier molecular flexibility index (Phi) is 4.94. The van der Waals surface area contributed by atoms with Gasteiger partial charge in [0, 0.05) is 12.7 Å². The number of rotatable bonds is 5. The van der Waals surface area contributed by atoms with E-state index in [0.29, 0.717) is 4.47 Å². The van der Waals surface area contributed by atoms with Crippen molar-refractivity contribution in [3.8, 4) is 0 Å². The first kappa shape index (κ1) is 11.5. The van der Waals surface area contributed by atoms with E-state index in [4.69, 9.17) is 0 Å². The largest absolute Gasteiger partial charge is 0.315 e. The Bertz CT molecular complexity index is 332. The molecule has 0 saturated carbocycles. The second-order valence-corrected chi connectivity index (χ2v) is 4.27. The summed E-state index contributed by atoms with van der Waals surface area (Å²) in [6.45, 7) is 3.02. The molecule has 0 N–H and O–H groups in total. The summed E-state index contributed by atoms with van der Waals surface area (Å²) in [5.74, 6) is 0. The second-order valence-electron chi connectivity index (χ2n) is 3.42. The van der Waals surface area contributed by atoms with Crippen LogP contribution in [0, 0.1) is 0 Å². The molecule has 0 aromatic carbocycles. The zero-order valence-electron chi connectivity index (χ0n) is 8.50. The number of halogens is 1. The van der Waals surface area contributed by atoms with Crippen molar-refractivity contribution in [2.75, 3.05) is 0 Å². The molecule has 1 aromatic heterocycles. The molecule has 0 amide bonds. The highest BCUT2D eigenvalue weighted by atomic mass is 79.9. The molecule has 0 spiro atoms. The van der Waals surface area contributed by atoms with Gasteiger partial charge in [0.1, 0.15) is 0 Å². The predicted molar refractivity (Wildman–Crippen MR) is 62.5 cm³/mol. The number of hydrogen-bond acceptors (Lipinski definition) is 1. The summed E-state index contributed by atoms with van der Waals surface area (Å²) in [5.41, 5.74) is 0.0731. The van der Waals surface area contributed by atoms with Crippen LogP contribution >= 0.6 is 15.9 Å². The van der Waals surface area contributed by atoms with Crippen LogP contribution in [0.2, 0.25) is 0 Å². The number of unbranched alkanes of at least 4 members (excludes halogenated alkanes) is 3. The monoisotopic (exact) mass is 257 g/mol. The minimum atomic E-state index is 0.0731. The summed E-state index contributed by atoms with van der Waals surface area (Å²) in [6.07, 6.45) is 6.62. The number of aryl methyl sites for hydroxylation is 1. The fraction of sp³-hybridized carbons (Fsp3) is 0.545. The lowest BCUT2D eigenvalue weighted by Crippen LogP contribution is -2.19. The van der Waals surface area contributed by atoms with Gasteiger partial charge in [-0.25, -0.2) is 0 Å². The summed E-state index contributed by atoms with van der Waals surface area (Å²) in [6, 6.07) is 3.68. The number of nitrogens with zero attached hydrogens (tertiary/aromatic N) is 1. The number of hydrogen-bond donors (Lipinski definition) is 0. The molecule has 0 atom stereocenters. The van der Waals surface area contributed by atoms with Gasteiger partial charge in [0.15, 0.2) is 0 Å². The average Bonchev–Trinajstić information content (AvgIpc) is 2.19. The minimum absolute atomic E-state index is 0.0731. The van der Waals surface area contributed by atoms with E-state index < -0.39 is 0 Å². The predicted octanol–water partition coefficient (Wildman–Crippen LogP) is 3.19. The van der Waals surface area contributed by atoms with Crippen LogP contribution in [0.5, 0.6) is 0 Å². The van der Waals surface area contributed by atoms with E-state index in [1.54, 1.807) is 10.6 Å². The van der Waals surface area contributed by atoms with Gasteiger partial charge in [-0.05, 0) is 34.5 Å². The standard InChI is InChI=1S/C11H16BrNO/c1-2-3-4-5-8-13-9-6-7-10(12)11(13)14/h6-7,9H,2-5,8H2,1H3. The molecule has 0 aliphatic carbocycles. The molecule has 0 bridgehead atoms. The van der Waals surface area contributed by atoms with Crippen molar-refractivity contribution in [1.82, 2.24) is 4.57 Å². The lowest BCUT2D eigenvalue weighted by molar-refractivity contribution is 0.569. The van der Waals surface area contributed by atoms with E-state index >= 15 is 0 Å². The third-order valence-electron chi connectivity index (χ3n) is 2.23. The number of pyridine rings is 1. The van der Waals surface area contributed by atoms with Gasteiger partial charge in [0.2, 0.25) is 0 Å². The van der Waals surface area contributed by atoms with E-state index in [0.717, 1.165) is 13.0 Å². The van der Waals surface area contributed by atoms with E-state index in [-0.39, 0.29) is 5.56 Å². The van der Waals surface area contributed by atoms with Crippen LogP contribution in [0.25, 0.3) is 0 Å². The second kappa shape index (κ2) is 6.02. The summed E-state index contributed by atoms with van der Waals surface area (Å²) < 4.78 is 2.41. The van der Waals surface area contributed by atoms with Crippen molar-refractivity contribution in [2.45, 2.75) is 39.2 Å². The molecule has 0 unspecified atom stereocenters. The van der Waals surface area contributed by atoms with Gasteiger partial charge < -0.3 is 4.57 Å². The van der Waals surface area contributed by atoms with Gasteiger partial charge in [0.25, 0.3) is 5.56 Å². The third-order valence-corrected chi connectivity index (χ3v) is 2.83. The zero-order chi connectivity index (χ0) is 10.4. The molecule has 0 aliphatic rings. The van der Waals surface area contributed by atoms with Crippen molar-refractivity contribution in [2.24, 2.45) is 0 Å². The lowest BCUT2D eigenvalue weighted by atomic mass is 10.2. The molecule has 0 fully saturated rings. The van der Waals surface area contributed by atoms with Gasteiger partial charge in [0.05, 0.1) is 4.47 Å². The van der Waals surface area contributed by atoms with Crippen LogP contribution in [0.4, 0.5) is 0 Å². The molecule has 0 saturated heterocycles. The molecular weight excluding hydrogens is 242 g/mol. The van der Waals surface area contributed by atoms with Crippen LogP contribution in [0.1, 0.15) is 32.6 Å². The minimum Gasteiger partial charge on any atom is -0.315 e. The SMILES string of the molecule is CCCCCCn1cccc(Br)c1=O. The maximum atomic E-state index is 11.5. The van der Waals surface area contributed by atoms with Crippen LogP contribution in [0.15, 0.2) is 27.6 Å². The smallest absolute Gasteiger partial charge is 0.264 e. The summed E-state index contributed by atoms with van der Waals surface area (Å²) in [5, 5.41) is 0. The normalized spacial score (nSPS) is 10.4. The van der Waals surface area contributed by atoms with Crippen LogP contribution in [-0.2, 0) is 6.54 Å². The Morgan fingerprint density at radius 3 is 2.86 bits per heavy atom. The highest BCUT2D eigenvalue weighted by molar-refractivity contribution is 9.10. The molecule has 0 radical (unpaired) electrons. The lowest BCUT2D eigenvalue weighted by Gasteiger charge is -2.04. The van der Waals surface area contributed by atoms with Crippen LogP contribution in [0.3, 0.4) is 0 Å². The molecule has 3 heteroatoms. The fourth-order valence-corrected chi connectivity index (χ4v) is 1.77. The van der Waals surface area contributed by atoms with E-state index in [1.807, 2.05) is 12.3 Å². The molecule has 2 nitrogen and oxygen atoms in total. The van der Waals surface area contributed by atoms with Gasteiger partial charge >= 0.3 is 0 Å². The first-order valence-electron chi connectivity index (χ1n) is 5.10. The number of aromatic nitrogens is 1. The fourth-order valence-electron chi connectivity index (χ4n) is 1.39. The first-order chi connectivity index (χ1) is 6.75. The third kappa shape index (κ3) is 3.29. The molecule has 0 aliphatic heterocycles. The quantitative estimate of drug-likeness (QED) is 0.743. The highest BCUT2D eigenvalue weighted by Crippen LogP contribution is 2.03. The Balaban J connectivity index is 2.51. The first-order valence-corrected chi connectivity index (χ1v) is 5.90. The summed E-state index contributed by atoms with van der Waals surface area (Å²) >= 11 is 3.24. The molecule has 1 heterocycles. The molecule has 1 rings (SSSR count). The van der Waals surface area contributed by atoms with Crippen molar-refractivity contribution >= 4 is 15.9 Å². The van der Waals surface area contributed by atoms with Crippen molar-refractivity contribution in [3.63, 3.8) is 0 Å². The van der Waals surface area contributed by atoms with Gasteiger partial charge in [-0.2, -0.15) is 0 Å². The van der Waals surface area contributed by atoms with E-state index in [9.17, 15) is 4.79 Å². The summed E-state index contributed by atoms with van der Waals surface area (Å²) in [4.78, 5) is 11.5. The van der Waals surface area contributed by atoms with E-state index in [2.05, 4.69) is 22.9 Å². The topological polar surface area (TPSA) is 22.0 Å². The van der Waals surface area contributed by atoms with Crippen molar-refractivity contribution in [1.29, 1.82) is 0 Å². The Labute approximate surface area is 93.1 Å². The van der Waals surface area contributed by atoms with Crippen molar-refractivity contribution in [3.05, 3.63) is 33.2 Å². The Morgan fingerprint density at radius 1 is 1.36 bits per heavy atom. The molecule has 14 heavy (non-hydrogen) atoms. The maximum absolute atomic E-state index is 11.5. The molecule has 1 aromatic rings. The van der Waals surface area contributed by atoms with Gasteiger partial charge in [-0.1, -0.05) is 26.2 Å². The Morgan fingerprint density at radius 2 is 2.14 bits per heavy atom. The maximum Gasteiger partial charge on any atom is 0.264 e.